The van der Waals surface area contributed by atoms with Gasteiger partial charge in [0.2, 0.25) is 0 Å². The van der Waals surface area contributed by atoms with E-state index in [0.717, 1.165) is 44.4 Å². The van der Waals surface area contributed by atoms with E-state index in [4.69, 9.17) is 19.0 Å². The zero-order chi connectivity index (χ0) is 17.5. The Morgan fingerprint density at radius 2 is 1.84 bits per heavy atom. The van der Waals surface area contributed by atoms with Gasteiger partial charge < -0.3 is 24.3 Å². The van der Waals surface area contributed by atoms with Crippen molar-refractivity contribution in [3.63, 3.8) is 0 Å². The SMILES string of the molecule is COc1ccc(C(CNCc2ccc(CO)o2)N2CCOCC2)cc1. The van der Waals surface area contributed by atoms with E-state index in [9.17, 15) is 0 Å². The van der Waals surface area contributed by atoms with Crippen molar-refractivity contribution < 1.29 is 19.0 Å². The number of aliphatic hydroxyl groups excluding tert-OH is 1. The maximum atomic E-state index is 9.08. The van der Waals surface area contributed by atoms with Crippen LogP contribution in [0.4, 0.5) is 0 Å². The Morgan fingerprint density at radius 1 is 1.12 bits per heavy atom. The van der Waals surface area contributed by atoms with E-state index in [0.29, 0.717) is 12.3 Å². The molecule has 1 aromatic carbocycles. The number of nitrogens with zero attached hydrogens (tertiary/aromatic N) is 1. The molecule has 1 atom stereocenters. The Labute approximate surface area is 148 Å². The Kier molecular flexibility index (Phi) is 6.47. The highest BCUT2D eigenvalue weighted by Crippen LogP contribution is 2.24. The van der Waals surface area contributed by atoms with Gasteiger partial charge >= 0.3 is 0 Å². The highest BCUT2D eigenvalue weighted by Gasteiger charge is 2.22. The summed E-state index contributed by atoms with van der Waals surface area (Å²) in [5.74, 6) is 2.29. The van der Waals surface area contributed by atoms with Gasteiger partial charge in [0, 0.05) is 25.7 Å². The molecule has 0 aliphatic carbocycles. The topological polar surface area (TPSA) is 67.1 Å². The molecule has 0 spiro atoms. The van der Waals surface area contributed by atoms with Crippen molar-refractivity contribution in [2.24, 2.45) is 0 Å². The molecule has 25 heavy (non-hydrogen) atoms. The zero-order valence-electron chi connectivity index (χ0n) is 14.6. The van der Waals surface area contributed by atoms with Crippen LogP contribution in [0.2, 0.25) is 0 Å². The lowest BCUT2D eigenvalue weighted by Gasteiger charge is -2.35. The zero-order valence-corrected chi connectivity index (χ0v) is 14.6. The first kappa shape index (κ1) is 17.9. The van der Waals surface area contributed by atoms with Crippen molar-refractivity contribution in [2.75, 3.05) is 40.0 Å². The maximum absolute atomic E-state index is 9.08. The minimum Gasteiger partial charge on any atom is -0.497 e. The Bertz CT molecular complexity index is 635. The van der Waals surface area contributed by atoms with E-state index in [1.165, 1.54) is 5.56 Å². The molecule has 1 saturated heterocycles. The summed E-state index contributed by atoms with van der Waals surface area (Å²) in [5, 5.41) is 12.6. The molecule has 2 aromatic rings. The van der Waals surface area contributed by atoms with Gasteiger partial charge in [0.15, 0.2) is 0 Å². The number of rotatable bonds is 8. The molecule has 1 unspecified atom stereocenters. The molecule has 0 amide bonds. The smallest absolute Gasteiger partial charge is 0.129 e. The molecule has 6 nitrogen and oxygen atoms in total. The van der Waals surface area contributed by atoms with Crippen molar-refractivity contribution >= 4 is 0 Å². The summed E-state index contributed by atoms with van der Waals surface area (Å²) in [5.41, 5.74) is 1.26. The Balaban J connectivity index is 1.64. The van der Waals surface area contributed by atoms with E-state index in [2.05, 4.69) is 22.3 Å². The lowest BCUT2D eigenvalue weighted by molar-refractivity contribution is 0.0160. The van der Waals surface area contributed by atoms with Crippen molar-refractivity contribution in [3.8, 4) is 5.75 Å². The van der Waals surface area contributed by atoms with Crippen molar-refractivity contribution in [2.45, 2.75) is 19.2 Å². The van der Waals surface area contributed by atoms with E-state index in [1.54, 1.807) is 13.2 Å². The fourth-order valence-corrected chi connectivity index (χ4v) is 3.11. The van der Waals surface area contributed by atoms with E-state index >= 15 is 0 Å². The molecular weight excluding hydrogens is 320 g/mol. The standard InChI is InChI=1S/C19H26N2O4/c1-23-16-4-2-15(3-5-16)19(21-8-10-24-11-9-21)13-20-12-17-6-7-18(14-22)25-17/h2-7,19-20,22H,8-14H2,1H3. The lowest BCUT2D eigenvalue weighted by atomic mass is 10.0. The number of hydrogen-bond acceptors (Lipinski definition) is 6. The highest BCUT2D eigenvalue weighted by atomic mass is 16.5. The third kappa shape index (κ3) is 4.83. The molecular formula is C19H26N2O4. The molecule has 2 N–H and O–H groups in total. The second-order valence-corrected chi connectivity index (χ2v) is 6.09. The lowest BCUT2D eigenvalue weighted by Crippen LogP contribution is -2.42. The van der Waals surface area contributed by atoms with Crippen molar-refractivity contribution in [3.05, 3.63) is 53.5 Å². The predicted octanol–water partition coefficient (Wildman–Crippen LogP) is 1.94. The van der Waals surface area contributed by atoms with Crippen LogP contribution in [0, 0.1) is 0 Å². The first-order valence-corrected chi connectivity index (χ1v) is 8.65. The van der Waals surface area contributed by atoms with Gasteiger partial charge in [-0.2, -0.15) is 0 Å². The van der Waals surface area contributed by atoms with Crippen LogP contribution in [-0.4, -0.2) is 50.0 Å². The van der Waals surface area contributed by atoms with Gasteiger partial charge in [-0.1, -0.05) is 12.1 Å². The number of methoxy groups -OCH3 is 1. The summed E-state index contributed by atoms with van der Waals surface area (Å²) in [7, 11) is 1.68. The summed E-state index contributed by atoms with van der Waals surface area (Å²) in [6.07, 6.45) is 0. The van der Waals surface area contributed by atoms with Crippen LogP contribution in [0.25, 0.3) is 0 Å². The van der Waals surface area contributed by atoms with E-state index in [1.807, 2.05) is 18.2 Å². The van der Waals surface area contributed by atoms with Gasteiger partial charge in [-0.3, -0.25) is 4.90 Å². The molecule has 1 aromatic heterocycles. The molecule has 0 bridgehead atoms. The third-order valence-corrected chi connectivity index (χ3v) is 4.50. The molecule has 2 heterocycles. The molecule has 0 radical (unpaired) electrons. The molecule has 136 valence electrons. The molecule has 1 fully saturated rings. The van der Waals surface area contributed by atoms with Crippen molar-refractivity contribution in [1.29, 1.82) is 0 Å². The largest absolute Gasteiger partial charge is 0.497 e. The number of morpholine rings is 1. The molecule has 1 aliphatic heterocycles. The van der Waals surface area contributed by atoms with Gasteiger partial charge in [-0.15, -0.1) is 0 Å². The monoisotopic (exact) mass is 346 g/mol. The van der Waals surface area contributed by atoms with E-state index < -0.39 is 0 Å². The average molecular weight is 346 g/mol. The minimum atomic E-state index is -0.0672. The van der Waals surface area contributed by atoms with Crippen LogP contribution >= 0.6 is 0 Å². The van der Waals surface area contributed by atoms with Gasteiger partial charge in [0.1, 0.15) is 23.9 Å². The second-order valence-electron chi connectivity index (χ2n) is 6.09. The third-order valence-electron chi connectivity index (χ3n) is 4.50. The maximum Gasteiger partial charge on any atom is 0.129 e. The number of nitrogens with one attached hydrogen (secondary N) is 1. The average Bonchev–Trinajstić information content (AvgIpc) is 3.14. The van der Waals surface area contributed by atoms with Gasteiger partial charge in [0.25, 0.3) is 0 Å². The van der Waals surface area contributed by atoms with Gasteiger partial charge in [-0.05, 0) is 29.8 Å². The Morgan fingerprint density at radius 3 is 2.48 bits per heavy atom. The first-order valence-electron chi connectivity index (χ1n) is 8.65. The molecule has 0 saturated carbocycles. The second kappa shape index (κ2) is 9.01. The van der Waals surface area contributed by atoms with Crippen LogP contribution in [0.1, 0.15) is 23.1 Å². The highest BCUT2D eigenvalue weighted by molar-refractivity contribution is 5.29. The molecule has 3 rings (SSSR count). The Hall–Kier alpha value is -1.86. The summed E-state index contributed by atoms with van der Waals surface area (Å²) >= 11 is 0. The first-order chi connectivity index (χ1) is 12.3. The normalized spacial score (nSPS) is 16.7. The minimum absolute atomic E-state index is 0.0672. The van der Waals surface area contributed by atoms with Gasteiger partial charge in [-0.25, -0.2) is 0 Å². The van der Waals surface area contributed by atoms with Crippen LogP contribution < -0.4 is 10.1 Å². The summed E-state index contributed by atoms with van der Waals surface area (Å²) in [6.45, 7) is 4.76. The number of ether oxygens (including phenoxy) is 2. The van der Waals surface area contributed by atoms with Crippen molar-refractivity contribution in [1.82, 2.24) is 10.2 Å². The van der Waals surface area contributed by atoms with Crippen LogP contribution in [-0.2, 0) is 17.9 Å². The van der Waals surface area contributed by atoms with Crippen LogP contribution in [0.3, 0.4) is 0 Å². The number of benzene rings is 1. The molecule has 1 aliphatic rings. The number of aliphatic hydroxyl groups is 1. The summed E-state index contributed by atoms with van der Waals surface area (Å²) < 4.78 is 16.3. The predicted molar refractivity (Wildman–Crippen MR) is 94.5 cm³/mol. The molecule has 6 heteroatoms. The van der Waals surface area contributed by atoms with Gasteiger partial charge in [0.05, 0.1) is 26.9 Å². The summed E-state index contributed by atoms with van der Waals surface area (Å²) in [6, 6.07) is 12.2. The summed E-state index contributed by atoms with van der Waals surface area (Å²) in [4.78, 5) is 2.44. The number of hydrogen-bond donors (Lipinski definition) is 2. The van der Waals surface area contributed by atoms with Crippen LogP contribution in [0.15, 0.2) is 40.8 Å². The fourth-order valence-electron chi connectivity index (χ4n) is 3.11. The van der Waals surface area contributed by atoms with Crippen LogP contribution in [0.5, 0.6) is 5.75 Å². The quantitative estimate of drug-likeness (QED) is 0.761. The fraction of sp³-hybridized carbons (Fsp3) is 0.474. The van der Waals surface area contributed by atoms with E-state index in [-0.39, 0.29) is 12.6 Å². The number of furan rings is 1.